The quantitative estimate of drug-likeness (QED) is 0.876. The Hall–Kier alpha value is -1.66. The van der Waals surface area contributed by atoms with Crippen LogP contribution in [0.1, 0.15) is 0 Å². The van der Waals surface area contributed by atoms with Gasteiger partial charge in [-0.1, -0.05) is 12.1 Å². The maximum atomic E-state index is 13.8. The number of nitrogens with zero attached hydrogens (tertiary/aromatic N) is 3. The number of para-hydroxylation sites is 1. The lowest BCUT2D eigenvalue weighted by Gasteiger charge is -2.37. The van der Waals surface area contributed by atoms with Crippen molar-refractivity contribution in [3.05, 3.63) is 30.1 Å². The molecule has 1 N–H and O–H groups in total. The zero-order chi connectivity index (χ0) is 15.4. The highest BCUT2D eigenvalue weighted by Crippen LogP contribution is 2.20. The van der Waals surface area contributed by atoms with Crippen LogP contribution in [0.15, 0.2) is 24.3 Å². The van der Waals surface area contributed by atoms with Crippen molar-refractivity contribution in [1.29, 1.82) is 0 Å². The minimum atomic E-state index is -0.192. The Morgan fingerprint density at radius 3 is 2.41 bits per heavy atom. The number of hydrogen-bond donors (Lipinski definition) is 1. The molecule has 0 spiro atoms. The molecule has 0 aromatic heterocycles. The first kappa shape index (κ1) is 15.2. The molecule has 2 fully saturated rings. The topological polar surface area (TPSA) is 38.8 Å². The Kier molecular flexibility index (Phi) is 4.90. The summed E-state index contributed by atoms with van der Waals surface area (Å²) in [5, 5.41) is 3.29. The van der Waals surface area contributed by atoms with E-state index in [4.69, 9.17) is 0 Å². The third-order valence-corrected chi connectivity index (χ3v) is 4.39. The van der Waals surface area contributed by atoms with Crippen molar-refractivity contribution in [2.75, 3.05) is 63.8 Å². The lowest BCUT2D eigenvalue weighted by molar-refractivity contribution is -0.132. The molecule has 2 aliphatic rings. The summed E-state index contributed by atoms with van der Waals surface area (Å²) >= 11 is 0. The molecule has 1 amide bonds. The molecule has 0 atom stereocenters. The second kappa shape index (κ2) is 7.07. The van der Waals surface area contributed by atoms with Gasteiger partial charge in [-0.15, -0.1) is 0 Å². The van der Waals surface area contributed by atoms with Crippen LogP contribution in [0.3, 0.4) is 0 Å². The fourth-order valence-corrected chi connectivity index (χ4v) is 3.07. The first-order valence-corrected chi connectivity index (χ1v) is 7.94. The van der Waals surface area contributed by atoms with Crippen LogP contribution in [0.4, 0.5) is 10.1 Å². The van der Waals surface area contributed by atoms with Crippen molar-refractivity contribution in [2.24, 2.45) is 0 Å². The number of benzene rings is 1. The van der Waals surface area contributed by atoms with E-state index in [0.717, 1.165) is 26.2 Å². The fourth-order valence-electron chi connectivity index (χ4n) is 3.07. The van der Waals surface area contributed by atoms with Gasteiger partial charge in [0.2, 0.25) is 5.91 Å². The number of anilines is 1. The lowest BCUT2D eigenvalue weighted by atomic mass is 10.2. The molecule has 1 aromatic rings. The zero-order valence-electron chi connectivity index (χ0n) is 12.8. The molecule has 2 heterocycles. The van der Waals surface area contributed by atoms with Crippen molar-refractivity contribution in [2.45, 2.75) is 0 Å². The highest BCUT2D eigenvalue weighted by atomic mass is 19.1. The van der Waals surface area contributed by atoms with Gasteiger partial charge < -0.3 is 15.1 Å². The first-order chi connectivity index (χ1) is 10.7. The Labute approximate surface area is 130 Å². The second-order valence-electron chi connectivity index (χ2n) is 5.85. The number of rotatable bonds is 3. The molecule has 6 heteroatoms. The number of hydrogen-bond acceptors (Lipinski definition) is 4. The zero-order valence-corrected chi connectivity index (χ0v) is 12.8. The summed E-state index contributed by atoms with van der Waals surface area (Å²) in [6.07, 6.45) is 0. The van der Waals surface area contributed by atoms with Crippen LogP contribution in [-0.4, -0.2) is 74.6 Å². The van der Waals surface area contributed by atoms with E-state index in [1.165, 1.54) is 6.07 Å². The summed E-state index contributed by atoms with van der Waals surface area (Å²) in [5.74, 6) is -0.00169. The molecular weight excluding hydrogens is 283 g/mol. The average Bonchev–Trinajstić information content (AvgIpc) is 2.56. The van der Waals surface area contributed by atoms with Crippen molar-refractivity contribution in [3.8, 4) is 0 Å². The third-order valence-electron chi connectivity index (χ3n) is 4.39. The summed E-state index contributed by atoms with van der Waals surface area (Å²) in [6.45, 7) is 6.98. The Morgan fingerprint density at radius 1 is 1.05 bits per heavy atom. The fraction of sp³-hybridized carbons (Fsp3) is 0.562. The normalized spacial score (nSPS) is 20.2. The van der Waals surface area contributed by atoms with Crippen molar-refractivity contribution in [1.82, 2.24) is 15.1 Å². The highest BCUT2D eigenvalue weighted by molar-refractivity contribution is 5.78. The van der Waals surface area contributed by atoms with Crippen LogP contribution in [0.25, 0.3) is 0 Å². The molecule has 120 valence electrons. The predicted molar refractivity (Wildman–Crippen MR) is 84.5 cm³/mol. The van der Waals surface area contributed by atoms with E-state index in [1.54, 1.807) is 12.1 Å². The maximum Gasteiger partial charge on any atom is 0.236 e. The summed E-state index contributed by atoms with van der Waals surface area (Å²) in [7, 11) is 0. The van der Waals surface area contributed by atoms with Gasteiger partial charge in [-0.25, -0.2) is 4.39 Å². The Balaban J connectivity index is 1.51. The standard InChI is InChI=1S/C16H23FN4O/c17-14-3-1-2-4-15(14)20-9-11-21(12-10-20)16(22)13-19-7-5-18-6-8-19/h1-4,18H,5-13H2. The van der Waals surface area contributed by atoms with Crippen LogP contribution in [0, 0.1) is 5.82 Å². The molecule has 1 aromatic carbocycles. The van der Waals surface area contributed by atoms with Gasteiger partial charge in [0.25, 0.3) is 0 Å². The van der Waals surface area contributed by atoms with Gasteiger partial charge in [0.1, 0.15) is 5.82 Å². The molecule has 5 nitrogen and oxygen atoms in total. The van der Waals surface area contributed by atoms with E-state index in [-0.39, 0.29) is 11.7 Å². The minimum absolute atomic E-state index is 0.190. The number of nitrogens with one attached hydrogen (secondary N) is 1. The molecule has 3 rings (SSSR count). The number of carbonyl (C=O) groups excluding carboxylic acids is 1. The number of amides is 1. The third kappa shape index (κ3) is 3.56. The van der Waals surface area contributed by atoms with Crippen LogP contribution < -0.4 is 10.2 Å². The molecular formula is C16H23FN4O. The van der Waals surface area contributed by atoms with Crippen LogP contribution >= 0.6 is 0 Å². The summed E-state index contributed by atoms with van der Waals surface area (Å²) in [5.41, 5.74) is 0.636. The largest absolute Gasteiger partial charge is 0.366 e. The van der Waals surface area contributed by atoms with E-state index >= 15 is 0 Å². The number of carbonyl (C=O) groups is 1. The molecule has 2 aliphatic heterocycles. The van der Waals surface area contributed by atoms with Crippen molar-refractivity contribution in [3.63, 3.8) is 0 Å². The summed E-state index contributed by atoms with van der Waals surface area (Å²) in [6, 6.07) is 6.83. The monoisotopic (exact) mass is 306 g/mol. The van der Waals surface area contributed by atoms with E-state index in [9.17, 15) is 9.18 Å². The van der Waals surface area contributed by atoms with Gasteiger partial charge in [-0.05, 0) is 12.1 Å². The molecule has 0 radical (unpaired) electrons. The minimum Gasteiger partial charge on any atom is -0.366 e. The molecule has 0 unspecified atom stereocenters. The second-order valence-corrected chi connectivity index (χ2v) is 5.85. The van der Waals surface area contributed by atoms with Gasteiger partial charge in [-0.2, -0.15) is 0 Å². The molecule has 22 heavy (non-hydrogen) atoms. The van der Waals surface area contributed by atoms with Gasteiger partial charge in [0.05, 0.1) is 12.2 Å². The molecule has 2 saturated heterocycles. The predicted octanol–water partition coefficient (Wildman–Crippen LogP) is 0.380. The number of halogens is 1. The van der Waals surface area contributed by atoms with Gasteiger partial charge in [0, 0.05) is 52.4 Å². The van der Waals surface area contributed by atoms with Gasteiger partial charge in [0.15, 0.2) is 0 Å². The summed E-state index contributed by atoms with van der Waals surface area (Å²) in [4.78, 5) is 18.5. The number of piperazine rings is 2. The average molecular weight is 306 g/mol. The van der Waals surface area contributed by atoms with E-state index in [2.05, 4.69) is 10.2 Å². The van der Waals surface area contributed by atoms with E-state index < -0.39 is 0 Å². The van der Waals surface area contributed by atoms with Crippen molar-refractivity contribution < 1.29 is 9.18 Å². The van der Waals surface area contributed by atoms with Crippen molar-refractivity contribution >= 4 is 11.6 Å². The smallest absolute Gasteiger partial charge is 0.236 e. The SMILES string of the molecule is O=C(CN1CCNCC1)N1CCN(c2ccccc2F)CC1. The van der Waals surface area contributed by atoms with Crippen LogP contribution in [0.5, 0.6) is 0 Å². The summed E-state index contributed by atoms with van der Waals surface area (Å²) < 4.78 is 13.8. The van der Waals surface area contributed by atoms with Crippen LogP contribution in [-0.2, 0) is 4.79 Å². The van der Waals surface area contributed by atoms with E-state index in [0.29, 0.717) is 38.4 Å². The first-order valence-electron chi connectivity index (χ1n) is 7.94. The maximum absolute atomic E-state index is 13.8. The molecule has 0 bridgehead atoms. The molecule has 0 aliphatic carbocycles. The van der Waals surface area contributed by atoms with E-state index in [1.807, 2.05) is 15.9 Å². The van der Waals surface area contributed by atoms with Gasteiger partial charge >= 0.3 is 0 Å². The lowest BCUT2D eigenvalue weighted by Crippen LogP contribution is -2.53. The Bertz CT molecular complexity index is 511. The molecule has 0 saturated carbocycles. The van der Waals surface area contributed by atoms with Gasteiger partial charge in [-0.3, -0.25) is 9.69 Å². The highest BCUT2D eigenvalue weighted by Gasteiger charge is 2.24. The Morgan fingerprint density at radius 2 is 1.73 bits per heavy atom. The van der Waals surface area contributed by atoms with Crippen LogP contribution in [0.2, 0.25) is 0 Å².